The van der Waals surface area contributed by atoms with Crippen LogP contribution in [0.4, 0.5) is 0 Å². The van der Waals surface area contributed by atoms with Crippen LogP contribution >= 0.6 is 12.2 Å². The van der Waals surface area contributed by atoms with Crippen molar-refractivity contribution in [1.82, 2.24) is 10.2 Å². The summed E-state index contributed by atoms with van der Waals surface area (Å²) in [5.74, 6) is 0. The van der Waals surface area contributed by atoms with Gasteiger partial charge >= 0.3 is 0 Å². The lowest BCUT2D eigenvalue weighted by atomic mass is 10.1. The van der Waals surface area contributed by atoms with Gasteiger partial charge in [0, 0.05) is 26.7 Å². The number of nitrogens with one attached hydrogen (secondary N) is 1. The molecule has 0 amide bonds. The van der Waals surface area contributed by atoms with Crippen molar-refractivity contribution in [2.24, 2.45) is 0 Å². The molecule has 0 aliphatic carbocycles. The van der Waals surface area contributed by atoms with Crippen LogP contribution in [0.15, 0.2) is 0 Å². The van der Waals surface area contributed by atoms with Crippen LogP contribution in [0.1, 0.15) is 19.3 Å². The third-order valence-electron chi connectivity index (χ3n) is 2.23. The van der Waals surface area contributed by atoms with E-state index in [2.05, 4.69) is 10.2 Å². The van der Waals surface area contributed by atoms with E-state index in [9.17, 15) is 0 Å². The van der Waals surface area contributed by atoms with Crippen molar-refractivity contribution in [3.63, 3.8) is 0 Å². The normalized spacial score (nSPS) is 17.2. The van der Waals surface area contributed by atoms with Gasteiger partial charge in [0.05, 0.1) is 6.61 Å². The Morgan fingerprint density at radius 1 is 1.38 bits per heavy atom. The van der Waals surface area contributed by atoms with Crippen molar-refractivity contribution < 1.29 is 4.74 Å². The largest absolute Gasteiger partial charge is 0.383 e. The lowest BCUT2D eigenvalue weighted by molar-refractivity contribution is 0.202. The predicted octanol–water partition coefficient (Wildman–Crippen LogP) is 0.993. The molecule has 1 rings (SSSR count). The molecule has 3 nitrogen and oxygen atoms in total. The van der Waals surface area contributed by atoms with E-state index in [0.717, 1.165) is 24.7 Å². The minimum atomic E-state index is 0.716. The molecule has 1 saturated heterocycles. The van der Waals surface area contributed by atoms with E-state index in [1.807, 2.05) is 0 Å². The van der Waals surface area contributed by atoms with Crippen molar-refractivity contribution in [1.29, 1.82) is 0 Å². The Morgan fingerprint density at radius 2 is 2.08 bits per heavy atom. The topological polar surface area (TPSA) is 24.5 Å². The van der Waals surface area contributed by atoms with Gasteiger partial charge < -0.3 is 15.0 Å². The van der Waals surface area contributed by atoms with Crippen LogP contribution in [-0.2, 0) is 4.74 Å². The van der Waals surface area contributed by atoms with Crippen LogP contribution in [0.2, 0.25) is 0 Å². The first kappa shape index (κ1) is 10.7. The Labute approximate surface area is 85.4 Å². The Morgan fingerprint density at radius 3 is 2.69 bits per heavy atom. The fraction of sp³-hybridized carbons (Fsp3) is 0.889. The monoisotopic (exact) mass is 202 g/mol. The van der Waals surface area contributed by atoms with Crippen LogP contribution < -0.4 is 5.32 Å². The molecular formula is C9H18N2OS. The Balaban J connectivity index is 2.13. The van der Waals surface area contributed by atoms with Gasteiger partial charge in [0.15, 0.2) is 5.11 Å². The third-order valence-corrected chi connectivity index (χ3v) is 2.63. The quantitative estimate of drug-likeness (QED) is 0.545. The second-order valence-electron chi connectivity index (χ2n) is 3.27. The minimum Gasteiger partial charge on any atom is -0.383 e. The molecule has 1 aliphatic heterocycles. The number of hydrogen-bond acceptors (Lipinski definition) is 2. The summed E-state index contributed by atoms with van der Waals surface area (Å²) in [5.41, 5.74) is 0. The number of thiocarbonyl (C=S) groups is 1. The van der Waals surface area contributed by atoms with Gasteiger partial charge in [0.1, 0.15) is 0 Å². The lowest BCUT2D eigenvalue weighted by Gasteiger charge is -2.29. The average Bonchev–Trinajstić information content (AvgIpc) is 2.19. The number of hydrogen-bond donors (Lipinski definition) is 1. The van der Waals surface area contributed by atoms with Crippen molar-refractivity contribution in [3.05, 3.63) is 0 Å². The summed E-state index contributed by atoms with van der Waals surface area (Å²) in [6.07, 6.45) is 3.88. The fourth-order valence-corrected chi connectivity index (χ4v) is 1.75. The molecule has 13 heavy (non-hydrogen) atoms. The predicted molar refractivity (Wildman–Crippen MR) is 57.9 cm³/mol. The van der Waals surface area contributed by atoms with Gasteiger partial charge in [0.25, 0.3) is 0 Å². The molecule has 0 aromatic heterocycles. The zero-order chi connectivity index (χ0) is 9.52. The van der Waals surface area contributed by atoms with E-state index < -0.39 is 0 Å². The Kier molecular flexibility index (Phi) is 5.08. The first-order valence-electron chi connectivity index (χ1n) is 4.86. The van der Waals surface area contributed by atoms with E-state index in [-0.39, 0.29) is 0 Å². The molecule has 0 spiro atoms. The highest BCUT2D eigenvalue weighted by molar-refractivity contribution is 7.80. The molecule has 1 fully saturated rings. The first-order valence-corrected chi connectivity index (χ1v) is 5.27. The summed E-state index contributed by atoms with van der Waals surface area (Å²) >= 11 is 5.25. The number of rotatable bonds is 3. The highest BCUT2D eigenvalue weighted by Gasteiger charge is 2.11. The van der Waals surface area contributed by atoms with Gasteiger partial charge in [-0.2, -0.15) is 0 Å². The zero-order valence-corrected chi connectivity index (χ0v) is 9.03. The van der Waals surface area contributed by atoms with E-state index in [1.54, 1.807) is 7.11 Å². The molecule has 0 radical (unpaired) electrons. The number of nitrogens with zero attached hydrogens (tertiary/aromatic N) is 1. The van der Waals surface area contributed by atoms with E-state index in [1.165, 1.54) is 19.3 Å². The number of ether oxygens (including phenoxy) is 1. The van der Waals surface area contributed by atoms with E-state index in [0.29, 0.717) is 6.61 Å². The van der Waals surface area contributed by atoms with Gasteiger partial charge in [-0.25, -0.2) is 0 Å². The summed E-state index contributed by atoms with van der Waals surface area (Å²) in [6.45, 7) is 3.75. The molecule has 1 N–H and O–H groups in total. The van der Waals surface area contributed by atoms with Gasteiger partial charge in [-0.1, -0.05) is 0 Å². The summed E-state index contributed by atoms with van der Waals surface area (Å²) in [4.78, 5) is 2.24. The van der Waals surface area contributed by atoms with Gasteiger partial charge in [0.2, 0.25) is 0 Å². The molecule has 0 bridgehead atoms. The SMILES string of the molecule is COCCNC(=S)N1CCCCC1. The summed E-state index contributed by atoms with van der Waals surface area (Å²) in [7, 11) is 1.70. The van der Waals surface area contributed by atoms with Gasteiger partial charge in [-0.15, -0.1) is 0 Å². The molecule has 4 heteroatoms. The summed E-state index contributed by atoms with van der Waals surface area (Å²) < 4.78 is 4.94. The molecule has 0 aromatic rings. The molecule has 1 aliphatic rings. The molecular weight excluding hydrogens is 184 g/mol. The van der Waals surface area contributed by atoms with E-state index in [4.69, 9.17) is 17.0 Å². The van der Waals surface area contributed by atoms with Crippen LogP contribution in [0.5, 0.6) is 0 Å². The molecule has 0 atom stereocenters. The zero-order valence-electron chi connectivity index (χ0n) is 8.21. The van der Waals surface area contributed by atoms with Crippen molar-refractivity contribution in [3.8, 4) is 0 Å². The van der Waals surface area contributed by atoms with Crippen LogP contribution in [0, 0.1) is 0 Å². The van der Waals surface area contributed by atoms with Crippen molar-refractivity contribution in [2.45, 2.75) is 19.3 Å². The van der Waals surface area contributed by atoms with Crippen LogP contribution in [0.3, 0.4) is 0 Å². The molecule has 0 unspecified atom stereocenters. The number of likely N-dealkylation sites (tertiary alicyclic amines) is 1. The molecule has 1 heterocycles. The number of methoxy groups -OCH3 is 1. The van der Waals surface area contributed by atoms with Gasteiger partial charge in [-0.3, -0.25) is 0 Å². The van der Waals surface area contributed by atoms with Crippen LogP contribution in [-0.4, -0.2) is 43.4 Å². The highest BCUT2D eigenvalue weighted by Crippen LogP contribution is 2.08. The first-order chi connectivity index (χ1) is 6.34. The minimum absolute atomic E-state index is 0.716. The van der Waals surface area contributed by atoms with E-state index >= 15 is 0 Å². The lowest BCUT2D eigenvalue weighted by Crippen LogP contribution is -2.43. The second-order valence-corrected chi connectivity index (χ2v) is 3.66. The Hall–Kier alpha value is -0.350. The smallest absolute Gasteiger partial charge is 0.169 e. The maximum absolute atomic E-state index is 5.25. The number of piperidine rings is 1. The maximum atomic E-state index is 5.25. The summed E-state index contributed by atoms with van der Waals surface area (Å²) in [6, 6.07) is 0. The standard InChI is InChI=1S/C9H18N2OS/c1-12-8-5-10-9(13)11-6-3-2-4-7-11/h2-8H2,1H3,(H,10,13). The maximum Gasteiger partial charge on any atom is 0.169 e. The summed E-state index contributed by atoms with van der Waals surface area (Å²) in [5, 5.41) is 4.07. The second kappa shape index (κ2) is 6.16. The highest BCUT2D eigenvalue weighted by atomic mass is 32.1. The van der Waals surface area contributed by atoms with Crippen LogP contribution in [0.25, 0.3) is 0 Å². The Bertz CT molecular complexity index is 158. The average molecular weight is 202 g/mol. The van der Waals surface area contributed by atoms with Gasteiger partial charge in [-0.05, 0) is 31.5 Å². The van der Waals surface area contributed by atoms with Crippen molar-refractivity contribution >= 4 is 17.3 Å². The molecule has 0 saturated carbocycles. The third kappa shape index (κ3) is 3.91. The molecule has 76 valence electrons. The molecule has 0 aromatic carbocycles. The van der Waals surface area contributed by atoms with Crippen molar-refractivity contribution in [2.75, 3.05) is 33.4 Å². The fourth-order valence-electron chi connectivity index (χ4n) is 1.47.